The van der Waals surface area contributed by atoms with E-state index >= 15 is 0 Å². The molecule has 1 aromatic carbocycles. The van der Waals surface area contributed by atoms with Crippen LogP contribution < -0.4 is 8.92 Å². The van der Waals surface area contributed by atoms with Crippen LogP contribution in [-0.2, 0) is 10.1 Å². The van der Waals surface area contributed by atoms with E-state index in [2.05, 4.69) is 4.18 Å². The second-order valence-corrected chi connectivity index (χ2v) is 5.20. The third kappa shape index (κ3) is 2.65. The van der Waals surface area contributed by atoms with Crippen LogP contribution in [0.15, 0.2) is 18.2 Å². The molecule has 0 fully saturated rings. The van der Waals surface area contributed by atoms with Crippen LogP contribution in [0.1, 0.15) is 16.8 Å². The maximum atomic E-state index is 12.1. The molecule has 1 aliphatic heterocycles. The molecule has 19 heavy (non-hydrogen) atoms. The van der Waals surface area contributed by atoms with Crippen molar-refractivity contribution in [3.63, 3.8) is 0 Å². The highest BCUT2D eigenvalue weighted by Crippen LogP contribution is 2.32. The van der Waals surface area contributed by atoms with Gasteiger partial charge in [-0.2, -0.15) is 21.6 Å². The summed E-state index contributed by atoms with van der Waals surface area (Å²) in [5.74, 6) is -0.751. The highest BCUT2D eigenvalue weighted by molar-refractivity contribution is 7.88. The first kappa shape index (κ1) is 13.7. The van der Waals surface area contributed by atoms with Gasteiger partial charge in [0.1, 0.15) is 11.5 Å². The number of fused-ring (bicyclic) bond motifs is 1. The first-order valence-corrected chi connectivity index (χ1v) is 6.42. The molecule has 0 radical (unpaired) electrons. The van der Waals surface area contributed by atoms with Gasteiger partial charge in [0.05, 0.1) is 12.2 Å². The average Bonchev–Trinajstić information content (AvgIpc) is 2.28. The van der Waals surface area contributed by atoms with Gasteiger partial charge in [0.2, 0.25) is 0 Å². The minimum absolute atomic E-state index is 0.00104. The van der Waals surface area contributed by atoms with Crippen LogP contribution in [0.2, 0.25) is 0 Å². The van der Waals surface area contributed by atoms with Crippen molar-refractivity contribution >= 4 is 15.9 Å². The SMILES string of the molecule is O=C1CCOc2ccc(OS(=O)(=O)C(F)(F)F)cc21. The number of carbonyl (C=O) groups is 1. The fourth-order valence-corrected chi connectivity index (χ4v) is 1.92. The van der Waals surface area contributed by atoms with Crippen molar-refractivity contribution in [2.45, 2.75) is 11.9 Å². The number of hydrogen-bond acceptors (Lipinski definition) is 5. The molecule has 0 unspecified atom stereocenters. The second kappa shape index (κ2) is 4.41. The van der Waals surface area contributed by atoms with Crippen molar-refractivity contribution < 1.29 is 35.3 Å². The number of ketones is 1. The summed E-state index contributed by atoms with van der Waals surface area (Å²) in [5.41, 5.74) is -5.52. The topological polar surface area (TPSA) is 69.7 Å². The summed E-state index contributed by atoms with van der Waals surface area (Å²) in [6.07, 6.45) is 0.0719. The normalized spacial score (nSPS) is 15.6. The van der Waals surface area contributed by atoms with Crippen LogP contribution in [0.25, 0.3) is 0 Å². The number of benzene rings is 1. The highest BCUT2D eigenvalue weighted by atomic mass is 32.2. The maximum Gasteiger partial charge on any atom is 0.534 e. The average molecular weight is 296 g/mol. The van der Waals surface area contributed by atoms with Gasteiger partial charge in [-0.25, -0.2) is 0 Å². The largest absolute Gasteiger partial charge is 0.534 e. The van der Waals surface area contributed by atoms with E-state index in [0.717, 1.165) is 12.1 Å². The van der Waals surface area contributed by atoms with Crippen molar-refractivity contribution in [2.75, 3.05) is 6.61 Å². The van der Waals surface area contributed by atoms with Gasteiger partial charge in [0.15, 0.2) is 5.78 Å². The molecule has 1 aliphatic rings. The Morgan fingerprint density at radius 1 is 1.26 bits per heavy atom. The highest BCUT2D eigenvalue weighted by Gasteiger charge is 2.48. The van der Waals surface area contributed by atoms with Crippen LogP contribution in [0.3, 0.4) is 0 Å². The predicted octanol–water partition coefficient (Wildman–Crippen LogP) is 1.88. The molecule has 0 atom stereocenters. The monoisotopic (exact) mass is 296 g/mol. The molecule has 0 bridgehead atoms. The van der Waals surface area contributed by atoms with Gasteiger partial charge in [-0.3, -0.25) is 4.79 Å². The molecule has 0 saturated heterocycles. The summed E-state index contributed by atoms with van der Waals surface area (Å²) in [6.45, 7) is 0.173. The standard InChI is InChI=1S/C10H7F3O5S/c11-10(12,13)19(15,16)18-6-1-2-9-7(5-6)8(14)3-4-17-9/h1-2,5H,3-4H2. The Morgan fingerprint density at radius 3 is 2.58 bits per heavy atom. The van der Waals surface area contributed by atoms with Crippen LogP contribution in [0.4, 0.5) is 13.2 Å². The number of rotatable bonds is 2. The third-order valence-electron chi connectivity index (χ3n) is 2.33. The number of hydrogen-bond donors (Lipinski definition) is 0. The lowest BCUT2D eigenvalue weighted by Gasteiger charge is -2.17. The molecule has 0 aromatic heterocycles. The van der Waals surface area contributed by atoms with E-state index < -0.39 is 21.4 Å². The number of carbonyl (C=O) groups excluding carboxylic acids is 1. The quantitative estimate of drug-likeness (QED) is 0.615. The number of Topliss-reactive ketones (excluding diaryl/α,β-unsaturated/α-hetero) is 1. The van der Waals surface area contributed by atoms with Crippen molar-refractivity contribution in [2.24, 2.45) is 0 Å². The van der Waals surface area contributed by atoms with E-state index in [1.54, 1.807) is 0 Å². The molecule has 104 valence electrons. The number of halogens is 3. The predicted molar refractivity (Wildman–Crippen MR) is 56.5 cm³/mol. The molecule has 0 spiro atoms. The summed E-state index contributed by atoms with van der Waals surface area (Å²) < 4.78 is 67.0. The molecular weight excluding hydrogens is 289 g/mol. The molecule has 0 aliphatic carbocycles. The zero-order valence-electron chi connectivity index (χ0n) is 9.23. The zero-order valence-corrected chi connectivity index (χ0v) is 10.0. The Kier molecular flexibility index (Phi) is 3.17. The van der Waals surface area contributed by atoms with Crippen molar-refractivity contribution in [1.82, 2.24) is 0 Å². The molecule has 0 amide bonds. The minimum atomic E-state index is -5.75. The van der Waals surface area contributed by atoms with Gasteiger partial charge in [0, 0.05) is 6.42 Å². The van der Waals surface area contributed by atoms with Gasteiger partial charge in [-0.1, -0.05) is 0 Å². The Hall–Kier alpha value is -1.77. The number of ether oxygens (including phenoxy) is 1. The zero-order chi connectivity index (χ0) is 14.3. The first-order chi connectivity index (χ1) is 8.71. The summed E-state index contributed by atoms with van der Waals surface area (Å²) in [6, 6.07) is 3.09. The Labute approximate surface area is 106 Å². The molecule has 1 aromatic rings. The van der Waals surface area contributed by atoms with Crippen LogP contribution in [0, 0.1) is 0 Å². The summed E-state index contributed by atoms with van der Waals surface area (Å²) in [7, 11) is -5.75. The van der Waals surface area contributed by atoms with E-state index in [4.69, 9.17) is 4.74 Å². The van der Waals surface area contributed by atoms with Crippen molar-refractivity contribution in [3.8, 4) is 11.5 Å². The minimum Gasteiger partial charge on any atom is -0.492 e. The summed E-state index contributed by atoms with van der Waals surface area (Å²) in [4.78, 5) is 11.5. The van der Waals surface area contributed by atoms with E-state index in [-0.39, 0.29) is 30.1 Å². The van der Waals surface area contributed by atoms with Crippen molar-refractivity contribution in [1.29, 1.82) is 0 Å². The van der Waals surface area contributed by atoms with Gasteiger partial charge in [-0.05, 0) is 18.2 Å². The smallest absolute Gasteiger partial charge is 0.492 e. The molecule has 0 saturated carbocycles. The lowest BCUT2D eigenvalue weighted by molar-refractivity contribution is -0.0500. The molecule has 1 heterocycles. The molecule has 5 nitrogen and oxygen atoms in total. The lowest BCUT2D eigenvalue weighted by atomic mass is 10.1. The molecular formula is C10H7F3O5S. The molecule has 9 heteroatoms. The fraction of sp³-hybridized carbons (Fsp3) is 0.300. The van der Waals surface area contributed by atoms with Gasteiger partial charge in [-0.15, -0.1) is 0 Å². The van der Waals surface area contributed by atoms with E-state index in [1.165, 1.54) is 6.07 Å². The molecule has 2 rings (SSSR count). The Bertz CT molecular complexity index is 621. The van der Waals surface area contributed by atoms with E-state index in [0.29, 0.717) is 0 Å². The lowest BCUT2D eigenvalue weighted by Crippen LogP contribution is -2.28. The maximum absolute atomic E-state index is 12.1. The third-order valence-corrected chi connectivity index (χ3v) is 3.31. The van der Waals surface area contributed by atoms with Gasteiger partial charge >= 0.3 is 15.6 Å². The summed E-state index contributed by atoms with van der Waals surface area (Å²) >= 11 is 0. The van der Waals surface area contributed by atoms with Gasteiger partial charge < -0.3 is 8.92 Å². The van der Waals surface area contributed by atoms with Gasteiger partial charge in [0.25, 0.3) is 0 Å². The fourth-order valence-electron chi connectivity index (χ4n) is 1.47. The summed E-state index contributed by atoms with van der Waals surface area (Å²) in [5, 5.41) is 0. The van der Waals surface area contributed by atoms with Crippen LogP contribution in [-0.4, -0.2) is 26.3 Å². The van der Waals surface area contributed by atoms with Crippen LogP contribution >= 0.6 is 0 Å². The van der Waals surface area contributed by atoms with E-state index in [9.17, 15) is 26.4 Å². The number of alkyl halides is 3. The second-order valence-electron chi connectivity index (χ2n) is 3.66. The molecule has 0 N–H and O–H groups in total. The van der Waals surface area contributed by atoms with Crippen molar-refractivity contribution in [3.05, 3.63) is 23.8 Å². The Balaban J connectivity index is 2.34. The first-order valence-electron chi connectivity index (χ1n) is 5.01. The van der Waals surface area contributed by atoms with Crippen LogP contribution in [0.5, 0.6) is 11.5 Å². The van der Waals surface area contributed by atoms with E-state index in [1.807, 2.05) is 0 Å². The Morgan fingerprint density at radius 2 is 1.95 bits per heavy atom.